The maximum absolute atomic E-state index is 12.8. The number of aromatic nitrogens is 1. The third kappa shape index (κ3) is 3.12. The molecule has 25 heavy (non-hydrogen) atoms. The van der Waals surface area contributed by atoms with Crippen molar-refractivity contribution in [1.29, 1.82) is 0 Å². The Labute approximate surface area is 147 Å². The molecule has 2 heterocycles. The molecule has 0 spiro atoms. The van der Waals surface area contributed by atoms with Crippen molar-refractivity contribution in [1.82, 2.24) is 9.88 Å². The number of hydrogen-bond donors (Lipinski definition) is 1. The first kappa shape index (κ1) is 15.8. The normalized spacial score (nSPS) is 15.5. The summed E-state index contributed by atoms with van der Waals surface area (Å²) in [6.45, 7) is 1.61. The molecule has 4 rings (SSSR count). The zero-order valence-electron chi connectivity index (χ0n) is 14.4. The minimum absolute atomic E-state index is 0.0849. The lowest BCUT2D eigenvalue weighted by Crippen LogP contribution is -2.38. The number of methoxy groups -OCH3 is 1. The number of carbonyl (C=O) groups excluding carboxylic acids is 1. The minimum atomic E-state index is 0.0849. The second-order valence-corrected chi connectivity index (χ2v) is 6.61. The van der Waals surface area contributed by atoms with Gasteiger partial charge in [-0.2, -0.15) is 0 Å². The monoisotopic (exact) mass is 334 g/mol. The number of fused-ring (bicyclic) bond motifs is 1. The zero-order chi connectivity index (χ0) is 17.2. The van der Waals surface area contributed by atoms with Crippen LogP contribution in [-0.4, -0.2) is 36.0 Å². The molecular weight excluding hydrogens is 312 g/mol. The molecule has 1 aliphatic heterocycles. The van der Waals surface area contributed by atoms with Crippen LogP contribution in [-0.2, 0) is 0 Å². The summed E-state index contributed by atoms with van der Waals surface area (Å²) in [5.41, 5.74) is 2.97. The number of rotatable bonds is 3. The lowest BCUT2D eigenvalue weighted by Gasteiger charge is -2.32. The van der Waals surface area contributed by atoms with Crippen molar-refractivity contribution in [2.45, 2.75) is 18.8 Å². The van der Waals surface area contributed by atoms with Crippen LogP contribution in [0.1, 0.15) is 34.8 Å². The van der Waals surface area contributed by atoms with E-state index in [0.29, 0.717) is 11.6 Å². The van der Waals surface area contributed by atoms with Crippen LogP contribution in [0.25, 0.3) is 10.9 Å². The van der Waals surface area contributed by atoms with E-state index in [9.17, 15) is 4.79 Å². The molecular formula is C21H22N2O2. The van der Waals surface area contributed by atoms with Crippen LogP contribution in [0.15, 0.2) is 54.6 Å². The van der Waals surface area contributed by atoms with Crippen LogP contribution in [0.3, 0.4) is 0 Å². The van der Waals surface area contributed by atoms with E-state index in [-0.39, 0.29) is 5.91 Å². The Morgan fingerprint density at radius 1 is 1.08 bits per heavy atom. The van der Waals surface area contributed by atoms with Crippen LogP contribution < -0.4 is 4.74 Å². The van der Waals surface area contributed by atoms with Gasteiger partial charge in [-0.1, -0.05) is 30.3 Å². The van der Waals surface area contributed by atoms with Gasteiger partial charge in [-0.3, -0.25) is 4.79 Å². The molecule has 2 aromatic carbocycles. The maximum Gasteiger partial charge on any atom is 0.270 e. The molecule has 128 valence electrons. The predicted octanol–water partition coefficient (Wildman–Crippen LogP) is 4.20. The fourth-order valence-electron chi connectivity index (χ4n) is 3.66. The predicted molar refractivity (Wildman–Crippen MR) is 99.2 cm³/mol. The number of hydrogen-bond acceptors (Lipinski definition) is 2. The van der Waals surface area contributed by atoms with Gasteiger partial charge in [0.1, 0.15) is 11.4 Å². The summed E-state index contributed by atoms with van der Waals surface area (Å²) in [5.74, 6) is 1.43. The minimum Gasteiger partial charge on any atom is -0.497 e. The standard InChI is InChI=1S/C21H22N2O2/c1-25-18-8-7-17-13-20(22-19(17)14-18)21(24)23-11-9-16(10-12-23)15-5-3-2-4-6-15/h2-8,13-14,16,22H,9-12H2,1H3. The average Bonchev–Trinajstić information content (AvgIpc) is 3.11. The number of likely N-dealkylation sites (tertiary alicyclic amines) is 1. The largest absolute Gasteiger partial charge is 0.497 e. The number of carbonyl (C=O) groups is 1. The number of benzene rings is 2. The molecule has 3 aromatic rings. The van der Waals surface area contributed by atoms with E-state index in [0.717, 1.165) is 42.6 Å². The third-order valence-corrected chi connectivity index (χ3v) is 5.11. The third-order valence-electron chi connectivity index (χ3n) is 5.11. The summed E-state index contributed by atoms with van der Waals surface area (Å²) in [6.07, 6.45) is 2.04. The second kappa shape index (κ2) is 6.63. The maximum atomic E-state index is 12.8. The molecule has 1 amide bonds. The van der Waals surface area contributed by atoms with Gasteiger partial charge in [-0.25, -0.2) is 0 Å². The van der Waals surface area contributed by atoms with Crippen LogP contribution in [0.4, 0.5) is 0 Å². The number of nitrogens with one attached hydrogen (secondary N) is 1. The van der Waals surface area contributed by atoms with Crippen molar-refractivity contribution in [3.63, 3.8) is 0 Å². The molecule has 0 atom stereocenters. The quantitative estimate of drug-likeness (QED) is 0.780. The summed E-state index contributed by atoms with van der Waals surface area (Å²) in [7, 11) is 1.65. The molecule has 0 unspecified atom stereocenters. The highest BCUT2D eigenvalue weighted by Crippen LogP contribution is 2.29. The summed E-state index contributed by atoms with van der Waals surface area (Å²) >= 11 is 0. The van der Waals surface area contributed by atoms with Crippen molar-refractivity contribution in [2.24, 2.45) is 0 Å². The molecule has 0 saturated carbocycles. The Morgan fingerprint density at radius 2 is 1.84 bits per heavy atom. The first-order valence-corrected chi connectivity index (χ1v) is 8.75. The van der Waals surface area contributed by atoms with E-state index < -0.39 is 0 Å². The van der Waals surface area contributed by atoms with Crippen molar-refractivity contribution in [3.8, 4) is 5.75 Å². The van der Waals surface area contributed by atoms with Gasteiger partial charge in [-0.15, -0.1) is 0 Å². The summed E-state index contributed by atoms with van der Waals surface area (Å²) in [5, 5.41) is 1.03. The topological polar surface area (TPSA) is 45.3 Å². The molecule has 0 bridgehead atoms. The van der Waals surface area contributed by atoms with E-state index in [1.54, 1.807) is 7.11 Å². The number of amides is 1. The highest BCUT2D eigenvalue weighted by atomic mass is 16.5. The van der Waals surface area contributed by atoms with Crippen LogP contribution in [0, 0.1) is 0 Å². The SMILES string of the molecule is COc1ccc2cc(C(=O)N3CCC(c4ccccc4)CC3)[nH]c2c1. The zero-order valence-corrected chi connectivity index (χ0v) is 14.4. The fourth-order valence-corrected chi connectivity index (χ4v) is 3.66. The molecule has 1 aliphatic rings. The van der Waals surface area contributed by atoms with Gasteiger partial charge in [0.05, 0.1) is 7.11 Å². The van der Waals surface area contributed by atoms with Crippen molar-refractivity contribution in [2.75, 3.05) is 20.2 Å². The van der Waals surface area contributed by atoms with Gasteiger partial charge < -0.3 is 14.6 Å². The first-order chi connectivity index (χ1) is 12.2. The van der Waals surface area contributed by atoms with Gasteiger partial charge in [0, 0.05) is 30.1 Å². The molecule has 0 aliphatic carbocycles. The summed E-state index contributed by atoms with van der Waals surface area (Å²) in [4.78, 5) is 18.0. The van der Waals surface area contributed by atoms with Crippen LogP contribution >= 0.6 is 0 Å². The molecule has 1 fully saturated rings. The van der Waals surface area contributed by atoms with E-state index in [4.69, 9.17) is 4.74 Å². The Kier molecular flexibility index (Phi) is 4.18. The molecule has 1 saturated heterocycles. The van der Waals surface area contributed by atoms with Crippen molar-refractivity contribution >= 4 is 16.8 Å². The van der Waals surface area contributed by atoms with E-state index in [1.807, 2.05) is 35.2 Å². The Hall–Kier alpha value is -2.75. The van der Waals surface area contributed by atoms with Crippen LogP contribution in [0.5, 0.6) is 5.75 Å². The van der Waals surface area contributed by atoms with Crippen molar-refractivity contribution < 1.29 is 9.53 Å². The van der Waals surface area contributed by atoms with Gasteiger partial charge in [-0.05, 0) is 42.5 Å². The summed E-state index contributed by atoms with van der Waals surface area (Å²) < 4.78 is 5.25. The Bertz CT molecular complexity index is 877. The summed E-state index contributed by atoms with van der Waals surface area (Å²) in [6, 6.07) is 18.3. The lowest BCUT2D eigenvalue weighted by atomic mass is 9.89. The number of piperidine rings is 1. The number of ether oxygens (including phenoxy) is 1. The van der Waals surface area contributed by atoms with Gasteiger partial charge in [0.15, 0.2) is 0 Å². The van der Waals surface area contributed by atoms with E-state index >= 15 is 0 Å². The average molecular weight is 334 g/mol. The Balaban J connectivity index is 1.47. The smallest absolute Gasteiger partial charge is 0.270 e. The second-order valence-electron chi connectivity index (χ2n) is 6.61. The highest BCUT2D eigenvalue weighted by Gasteiger charge is 2.25. The first-order valence-electron chi connectivity index (χ1n) is 8.75. The van der Waals surface area contributed by atoms with E-state index in [2.05, 4.69) is 29.2 Å². The molecule has 1 N–H and O–H groups in total. The molecule has 1 aromatic heterocycles. The molecule has 4 nitrogen and oxygen atoms in total. The fraction of sp³-hybridized carbons (Fsp3) is 0.286. The number of aromatic amines is 1. The number of H-pyrrole nitrogens is 1. The van der Waals surface area contributed by atoms with Crippen LogP contribution in [0.2, 0.25) is 0 Å². The lowest BCUT2D eigenvalue weighted by molar-refractivity contribution is 0.0708. The van der Waals surface area contributed by atoms with Gasteiger partial charge in [0.2, 0.25) is 0 Å². The van der Waals surface area contributed by atoms with Crippen molar-refractivity contribution in [3.05, 3.63) is 65.9 Å². The molecule has 4 heteroatoms. The number of nitrogens with zero attached hydrogens (tertiary/aromatic N) is 1. The van der Waals surface area contributed by atoms with E-state index in [1.165, 1.54) is 5.56 Å². The molecule has 0 radical (unpaired) electrons. The van der Waals surface area contributed by atoms with Gasteiger partial charge in [0.25, 0.3) is 5.91 Å². The Morgan fingerprint density at radius 3 is 2.56 bits per heavy atom. The highest BCUT2D eigenvalue weighted by molar-refractivity contribution is 5.98. The van der Waals surface area contributed by atoms with Gasteiger partial charge >= 0.3 is 0 Å².